The van der Waals surface area contributed by atoms with Crippen molar-refractivity contribution in [2.45, 2.75) is 121 Å². The molecule has 0 aromatic carbocycles. The Morgan fingerprint density at radius 2 is 1.30 bits per heavy atom. The van der Waals surface area contributed by atoms with Crippen LogP contribution in [0.1, 0.15) is 116 Å². The van der Waals surface area contributed by atoms with Crippen molar-refractivity contribution in [2.75, 3.05) is 6.61 Å². The van der Waals surface area contributed by atoms with Gasteiger partial charge in [0.15, 0.2) is 0 Å². The van der Waals surface area contributed by atoms with Gasteiger partial charge in [0.1, 0.15) is 0 Å². The number of hydrogen-bond acceptors (Lipinski definition) is 2. The molecule has 27 heavy (non-hydrogen) atoms. The van der Waals surface area contributed by atoms with Crippen molar-refractivity contribution in [1.82, 2.24) is 0 Å². The van der Waals surface area contributed by atoms with Gasteiger partial charge in [0.2, 0.25) is 0 Å². The van der Waals surface area contributed by atoms with Crippen LogP contribution >= 0.6 is 11.6 Å². The third-order valence-electron chi connectivity index (χ3n) is 6.98. The summed E-state index contributed by atoms with van der Waals surface area (Å²) in [6.07, 6.45) is 21.1. The first-order chi connectivity index (χ1) is 13.2. The van der Waals surface area contributed by atoms with Gasteiger partial charge in [0.05, 0.1) is 6.61 Å². The smallest absolute Gasteiger partial charge is 0.306 e. The average Bonchev–Trinajstić information content (AvgIpc) is 2.68. The molecule has 0 aromatic rings. The topological polar surface area (TPSA) is 26.3 Å². The van der Waals surface area contributed by atoms with E-state index in [1.807, 2.05) is 0 Å². The lowest BCUT2D eigenvalue weighted by atomic mass is 9.70. The van der Waals surface area contributed by atoms with E-state index >= 15 is 0 Å². The highest BCUT2D eigenvalue weighted by molar-refractivity contribution is 6.20. The normalized spacial score (nSPS) is 28.8. The SMILES string of the molecule is CCCCCCCCCCOC(=O)CC1CCC(C2CCC(Cl)CC2)CC1. The van der Waals surface area contributed by atoms with E-state index in [0.29, 0.717) is 24.3 Å². The number of hydrogen-bond donors (Lipinski definition) is 0. The molecular weight excluding hydrogens is 356 g/mol. The monoisotopic (exact) mass is 398 g/mol. The summed E-state index contributed by atoms with van der Waals surface area (Å²) < 4.78 is 5.49. The van der Waals surface area contributed by atoms with Gasteiger partial charge in [-0.3, -0.25) is 4.79 Å². The maximum absolute atomic E-state index is 12.1. The number of unbranched alkanes of at least 4 members (excludes halogenated alkanes) is 7. The van der Waals surface area contributed by atoms with Crippen molar-refractivity contribution in [1.29, 1.82) is 0 Å². The van der Waals surface area contributed by atoms with E-state index in [0.717, 1.165) is 18.3 Å². The zero-order valence-corrected chi connectivity index (χ0v) is 18.5. The number of carbonyl (C=O) groups excluding carboxylic acids is 1. The first kappa shape index (κ1) is 23.0. The quantitative estimate of drug-likeness (QED) is 0.191. The second kappa shape index (κ2) is 13.9. The van der Waals surface area contributed by atoms with E-state index in [2.05, 4.69) is 6.92 Å². The van der Waals surface area contributed by atoms with Crippen molar-refractivity contribution in [3.8, 4) is 0 Å². The molecule has 0 amide bonds. The van der Waals surface area contributed by atoms with Crippen molar-refractivity contribution in [2.24, 2.45) is 17.8 Å². The van der Waals surface area contributed by atoms with Gasteiger partial charge in [-0.05, 0) is 75.5 Å². The zero-order valence-electron chi connectivity index (χ0n) is 17.7. The third kappa shape index (κ3) is 9.68. The van der Waals surface area contributed by atoms with Crippen LogP contribution in [0.5, 0.6) is 0 Å². The Morgan fingerprint density at radius 1 is 0.778 bits per heavy atom. The molecule has 2 fully saturated rings. The van der Waals surface area contributed by atoms with E-state index in [4.69, 9.17) is 16.3 Å². The highest BCUT2D eigenvalue weighted by atomic mass is 35.5. The summed E-state index contributed by atoms with van der Waals surface area (Å²) in [5, 5.41) is 0.424. The molecule has 0 spiro atoms. The molecule has 0 unspecified atom stereocenters. The Morgan fingerprint density at radius 3 is 1.89 bits per heavy atom. The van der Waals surface area contributed by atoms with Gasteiger partial charge in [0.25, 0.3) is 0 Å². The van der Waals surface area contributed by atoms with Crippen molar-refractivity contribution in [3.63, 3.8) is 0 Å². The first-order valence-electron chi connectivity index (χ1n) is 12.0. The minimum atomic E-state index is 0.0454. The predicted octanol–water partition coefficient (Wildman–Crippen LogP) is 7.66. The van der Waals surface area contributed by atoms with Crippen LogP contribution < -0.4 is 0 Å². The van der Waals surface area contributed by atoms with E-state index in [1.54, 1.807) is 0 Å². The van der Waals surface area contributed by atoms with Gasteiger partial charge in [-0.25, -0.2) is 0 Å². The molecule has 0 N–H and O–H groups in total. The Labute approximate surface area is 173 Å². The van der Waals surface area contributed by atoms with Crippen LogP contribution in [0.25, 0.3) is 0 Å². The molecule has 0 saturated heterocycles. The number of esters is 1. The van der Waals surface area contributed by atoms with E-state index < -0.39 is 0 Å². The van der Waals surface area contributed by atoms with Gasteiger partial charge >= 0.3 is 5.97 Å². The molecule has 3 heteroatoms. The minimum absolute atomic E-state index is 0.0454. The molecule has 0 radical (unpaired) electrons. The van der Waals surface area contributed by atoms with E-state index in [1.165, 1.54) is 96.3 Å². The molecule has 0 atom stereocenters. The second-order valence-corrected chi connectivity index (χ2v) is 9.81. The van der Waals surface area contributed by atoms with Gasteiger partial charge in [-0.15, -0.1) is 11.6 Å². The summed E-state index contributed by atoms with van der Waals surface area (Å²) in [6, 6.07) is 0. The summed E-state index contributed by atoms with van der Waals surface area (Å²) >= 11 is 6.25. The molecule has 2 rings (SSSR count). The van der Waals surface area contributed by atoms with Crippen LogP contribution in [0.4, 0.5) is 0 Å². The number of carbonyl (C=O) groups is 1. The Hall–Kier alpha value is -0.240. The van der Waals surface area contributed by atoms with Crippen LogP contribution in [-0.4, -0.2) is 18.0 Å². The molecule has 158 valence electrons. The zero-order chi connectivity index (χ0) is 19.3. The Kier molecular flexibility index (Phi) is 11.8. The molecule has 2 aliphatic carbocycles. The second-order valence-electron chi connectivity index (χ2n) is 9.19. The molecule has 2 aliphatic rings. The maximum Gasteiger partial charge on any atom is 0.306 e. The number of ether oxygens (including phenoxy) is 1. The summed E-state index contributed by atoms with van der Waals surface area (Å²) in [5.74, 6) is 2.40. The predicted molar refractivity (Wildman–Crippen MR) is 115 cm³/mol. The standard InChI is InChI=1S/C24H43ClO2/c1-2-3-4-5-6-7-8-9-18-27-24(26)19-20-10-12-21(13-11-20)22-14-16-23(25)17-15-22/h20-23H,2-19H2,1H3. The van der Waals surface area contributed by atoms with Crippen LogP contribution in [0, 0.1) is 17.8 Å². The van der Waals surface area contributed by atoms with E-state index in [-0.39, 0.29) is 5.97 Å². The van der Waals surface area contributed by atoms with Crippen molar-refractivity contribution < 1.29 is 9.53 Å². The minimum Gasteiger partial charge on any atom is -0.466 e. The van der Waals surface area contributed by atoms with Crippen LogP contribution in [0.2, 0.25) is 0 Å². The lowest BCUT2D eigenvalue weighted by Crippen LogP contribution is -2.27. The largest absolute Gasteiger partial charge is 0.466 e. The molecule has 2 nitrogen and oxygen atoms in total. The van der Waals surface area contributed by atoms with Gasteiger partial charge in [-0.2, -0.15) is 0 Å². The molecule has 0 heterocycles. The lowest BCUT2D eigenvalue weighted by molar-refractivity contribution is -0.145. The van der Waals surface area contributed by atoms with Gasteiger partial charge < -0.3 is 4.74 Å². The summed E-state index contributed by atoms with van der Waals surface area (Å²) in [7, 11) is 0. The number of rotatable bonds is 12. The molecular formula is C24H43ClO2. The van der Waals surface area contributed by atoms with Crippen LogP contribution in [0.3, 0.4) is 0 Å². The van der Waals surface area contributed by atoms with Gasteiger partial charge in [-0.1, -0.05) is 51.9 Å². The van der Waals surface area contributed by atoms with Crippen LogP contribution in [0.15, 0.2) is 0 Å². The fourth-order valence-corrected chi connectivity index (χ4v) is 5.38. The average molecular weight is 399 g/mol. The van der Waals surface area contributed by atoms with E-state index in [9.17, 15) is 4.79 Å². The number of alkyl halides is 1. The number of halogens is 1. The third-order valence-corrected chi connectivity index (χ3v) is 7.41. The van der Waals surface area contributed by atoms with Crippen molar-refractivity contribution >= 4 is 17.6 Å². The van der Waals surface area contributed by atoms with Crippen molar-refractivity contribution in [3.05, 3.63) is 0 Å². The molecule has 0 aliphatic heterocycles. The Bertz CT molecular complexity index is 382. The lowest BCUT2D eigenvalue weighted by Gasteiger charge is -2.36. The van der Waals surface area contributed by atoms with Crippen LogP contribution in [-0.2, 0) is 9.53 Å². The fourth-order valence-electron chi connectivity index (χ4n) is 5.13. The highest BCUT2D eigenvalue weighted by Crippen LogP contribution is 2.41. The Balaban J connectivity index is 1.45. The molecule has 2 saturated carbocycles. The molecule has 0 aromatic heterocycles. The fraction of sp³-hybridized carbons (Fsp3) is 0.958. The van der Waals surface area contributed by atoms with Gasteiger partial charge in [0, 0.05) is 11.8 Å². The summed E-state index contributed by atoms with van der Waals surface area (Å²) in [4.78, 5) is 12.1. The maximum atomic E-state index is 12.1. The molecule has 0 bridgehead atoms. The highest BCUT2D eigenvalue weighted by Gasteiger charge is 2.31. The summed E-state index contributed by atoms with van der Waals surface area (Å²) in [6.45, 7) is 2.89. The first-order valence-corrected chi connectivity index (χ1v) is 12.4. The summed E-state index contributed by atoms with van der Waals surface area (Å²) in [5.41, 5.74) is 0.